The first kappa shape index (κ1) is 11.1. The maximum atomic E-state index is 11.2. The van der Waals surface area contributed by atoms with Gasteiger partial charge in [-0.25, -0.2) is 0 Å². The molecule has 0 saturated heterocycles. The average Bonchev–Trinajstić information content (AvgIpc) is 2.28. The van der Waals surface area contributed by atoms with Gasteiger partial charge in [0.05, 0.1) is 6.10 Å². The van der Waals surface area contributed by atoms with Crippen molar-refractivity contribution in [3.05, 3.63) is 29.3 Å². The van der Waals surface area contributed by atoms with E-state index < -0.39 is 6.10 Å². The molecule has 0 bridgehead atoms. The number of aryl methyl sites for hydroxylation is 1. The number of anilines is 1. The lowest BCUT2D eigenvalue weighted by molar-refractivity contribution is -0.116. The standard InChI is InChI=1S/C12H16N2O2/c1-13-7-11(15)9-2-4-10-8(6-9)3-5-12(16)14-10/h2,4,6,11,13,15H,3,5,7H2,1H3,(H,14,16). The predicted octanol–water partition coefficient (Wildman–Crippen LogP) is 0.824. The molecule has 1 atom stereocenters. The monoisotopic (exact) mass is 220 g/mol. The van der Waals surface area contributed by atoms with E-state index in [0.29, 0.717) is 13.0 Å². The van der Waals surface area contributed by atoms with Gasteiger partial charge < -0.3 is 15.7 Å². The van der Waals surface area contributed by atoms with Crippen molar-refractivity contribution >= 4 is 11.6 Å². The highest BCUT2D eigenvalue weighted by Crippen LogP contribution is 2.25. The van der Waals surface area contributed by atoms with Gasteiger partial charge in [0.15, 0.2) is 0 Å². The third-order valence-corrected chi connectivity index (χ3v) is 2.81. The van der Waals surface area contributed by atoms with Crippen LogP contribution in [0.3, 0.4) is 0 Å². The lowest BCUT2D eigenvalue weighted by Crippen LogP contribution is -2.20. The molecular formula is C12H16N2O2. The van der Waals surface area contributed by atoms with Gasteiger partial charge in [-0.2, -0.15) is 0 Å². The summed E-state index contributed by atoms with van der Waals surface area (Å²) in [6.07, 6.45) is 0.785. The van der Waals surface area contributed by atoms with Crippen molar-refractivity contribution in [2.24, 2.45) is 0 Å². The number of hydrogen-bond donors (Lipinski definition) is 3. The molecule has 0 fully saturated rings. The number of benzene rings is 1. The fourth-order valence-corrected chi connectivity index (χ4v) is 1.92. The molecule has 1 aromatic rings. The lowest BCUT2D eigenvalue weighted by atomic mass is 9.98. The molecule has 86 valence electrons. The van der Waals surface area contributed by atoms with E-state index in [-0.39, 0.29) is 5.91 Å². The third-order valence-electron chi connectivity index (χ3n) is 2.81. The number of likely N-dealkylation sites (N-methyl/N-ethyl adjacent to an activating group) is 1. The Morgan fingerprint density at radius 2 is 2.31 bits per heavy atom. The van der Waals surface area contributed by atoms with E-state index in [1.54, 1.807) is 0 Å². The molecule has 4 heteroatoms. The second-order valence-corrected chi connectivity index (χ2v) is 4.04. The zero-order chi connectivity index (χ0) is 11.5. The van der Waals surface area contributed by atoms with Crippen LogP contribution in [0.4, 0.5) is 5.69 Å². The van der Waals surface area contributed by atoms with E-state index in [0.717, 1.165) is 23.2 Å². The lowest BCUT2D eigenvalue weighted by Gasteiger charge is -2.19. The maximum Gasteiger partial charge on any atom is 0.224 e. The number of carbonyl (C=O) groups excluding carboxylic acids is 1. The second-order valence-electron chi connectivity index (χ2n) is 4.04. The summed E-state index contributed by atoms with van der Waals surface area (Å²) in [5.74, 6) is 0.0658. The smallest absolute Gasteiger partial charge is 0.224 e. The third kappa shape index (κ3) is 2.23. The molecule has 0 aromatic heterocycles. The van der Waals surface area contributed by atoms with E-state index >= 15 is 0 Å². The molecule has 1 aliphatic heterocycles. The zero-order valence-corrected chi connectivity index (χ0v) is 9.29. The Hall–Kier alpha value is -1.39. The van der Waals surface area contributed by atoms with Crippen LogP contribution >= 0.6 is 0 Å². The molecule has 0 aliphatic carbocycles. The molecule has 1 amide bonds. The fourth-order valence-electron chi connectivity index (χ4n) is 1.92. The molecule has 1 aromatic carbocycles. The first-order chi connectivity index (χ1) is 7.70. The Labute approximate surface area is 94.7 Å². The highest BCUT2D eigenvalue weighted by atomic mass is 16.3. The molecule has 0 saturated carbocycles. The van der Waals surface area contributed by atoms with Crippen LogP contribution in [0.1, 0.15) is 23.7 Å². The fraction of sp³-hybridized carbons (Fsp3) is 0.417. The summed E-state index contributed by atoms with van der Waals surface area (Å²) in [4.78, 5) is 11.2. The van der Waals surface area contributed by atoms with Crippen LogP contribution in [0.25, 0.3) is 0 Å². The number of aliphatic hydroxyl groups is 1. The first-order valence-corrected chi connectivity index (χ1v) is 5.46. The Kier molecular flexibility index (Phi) is 3.22. The summed E-state index contributed by atoms with van der Waals surface area (Å²) in [5.41, 5.74) is 2.87. The number of aliphatic hydroxyl groups excluding tert-OH is 1. The van der Waals surface area contributed by atoms with Gasteiger partial charge >= 0.3 is 0 Å². The summed E-state index contributed by atoms with van der Waals surface area (Å²) < 4.78 is 0. The van der Waals surface area contributed by atoms with Gasteiger partial charge in [0, 0.05) is 18.7 Å². The number of fused-ring (bicyclic) bond motifs is 1. The van der Waals surface area contributed by atoms with Gasteiger partial charge in [-0.1, -0.05) is 12.1 Å². The van der Waals surface area contributed by atoms with Gasteiger partial charge in [0.2, 0.25) is 5.91 Å². The Bertz CT molecular complexity index is 404. The van der Waals surface area contributed by atoms with Crippen molar-refractivity contribution in [2.75, 3.05) is 18.9 Å². The van der Waals surface area contributed by atoms with Crippen LogP contribution in [0.15, 0.2) is 18.2 Å². The summed E-state index contributed by atoms with van der Waals surface area (Å²) in [5, 5.41) is 15.6. The number of amides is 1. The number of carbonyl (C=O) groups is 1. The molecular weight excluding hydrogens is 204 g/mol. The second kappa shape index (κ2) is 4.63. The van der Waals surface area contributed by atoms with E-state index in [1.807, 2.05) is 25.2 Å². The summed E-state index contributed by atoms with van der Waals surface area (Å²) in [7, 11) is 1.81. The molecule has 0 radical (unpaired) electrons. The Morgan fingerprint density at radius 1 is 1.50 bits per heavy atom. The van der Waals surface area contributed by atoms with Crippen LogP contribution < -0.4 is 10.6 Å². The summed E-state index contributed by atoms with van der Waals surface area (Å²) >= 11 is 0. The number of nitrogens with one attached hydrogen (secondary N) is 2. The summed E-state index contributed by atoms with van der Waals surface area (Å²) in [6.45, 7) is 0.533. The van der Waals surface area contributed by atoms with E-state index in [2.05, 4.69) is 10.6 Å². The number of rotatable bonds is 3. The van der Waals surface area contributed by atoms with E-state index in [4.69, 9.17) is 0 Å². The first-order valence-electron chi connectivity index (χ1n) is 5.46. The maximum absolute atomic E-state index is 11.2. The molecule has 3 N–H and O–H groups in total. The van der Waals surface area contributed by atoms with Gasteiger partial charge in [-0.15, -0.1) is 0 Å². The minimum atomic E-state index is -0.493. The minimum Gasteiger partial charge on any atom is -0.387 e. The van der Waals surface area contributed by atoms with Crippen LogP contribution in [-0.4, -0.2) is 24.6 Å². The van der Waals surface area contributed by atoms with Crippen molar-refractivity contribution in [2.45, 2.75) is 18.9 Å². The largest absolute Gasteiger partial charge is 0.387 e. The topological polar surface area (TPSA) is 61.4 Å². The van der Waals surface area contributed by atoms with Crippen LogP contribution in [0.5, 0.6) is 0 Å². The van der Waals surface area contributed by atoms with Crippen molar-refractivity contribution < 1.29 is 9.90 Å². The molecule has 4 nitrogen and oxygen atoms in total. The van der Waals surface area contributed by atoms with Crippen molar-refractivity contribution in [1.29, 1.82) is 0 Å². The molecule has 1 aliphatic rings. The molecule has 1 heterocycles. The van der Waals surface area contributed by atoms with Gasteiger partial charge in [-0.05, 0) is 30.7 Å². The Balaban J connectivity index is 2.22. The average molecular weight is 220 g/mol. The minimum absolute atomic E-state index is 0.0658. The highest BCUT2D eigenvalue weighted by Gasteiger charge is 2.16. The quantitative estimate of drug-likeness (QED) is 0.707. The van der Waals surface area contributed by atoms with Crippen LogP contribution in [-0.2, 0) is 11.2 Å². The SMILES string of the molecule is CNCC(O)c1ccc2c(c1)CCC(=O)N2. The van der Waals surface area contributed by atoms with E-state index in [9.17, 15) is 9.90 Å². The van der Waals surface area contributed by atoms with Crippen molar-refractivity contribution in [1.82, 2.24) is 5.32 Å². The van der Waals surface area contributed by atoms with Gasteiger partial charge in [-0.3, -0.25) is 4.79 Å². The molecule has 0 spiro atoms. The number of hydrogen-bond acceptors (Lipinski definition) is 3. The zero-order valence-electron chi connectivity index (χ0n) is 9.29. The summed E-state index contributed by atoms with van der Waals surface area (Å²) in [6, 6.07) is 5.68. The van der Waals surface area contributed by atoms with E-state index in [1.165, 1.54) is 0 Å². The van der Waals surface area contributed by atoms with Crippen molar-refractivity contribution in [3.63, 3.8) is 0 Å². The normalized spacial score (nSPS) is 16.5. The molecule has 1 unspecified atom stereocenters. The highest BCUT2D eigenvalue weighted by molar-refractivity contribution is 5.93. The van der Waals surface area contributed by atoms with Gasteiger partial charge in [0.25, 0.3) is 0 Å². The predicted molar refractivity (Wildman–Crippen MR) is 62.3 cm³/mol. The van der Waals surface area contributed by atoms with Crippen molar-refractivity contribution in [3.8, 4) is 0 Å². The molecule has 16 heavy (non-hydrogen) atoms. The van der Waals surface area contributed by atoms with Crippen LogP contribution in [0, 0.1) is 0 Å². The van der Waals surface area contributed by atoms with Crippen LogP contribution in [0.2, 0.25) is 0 Å². The Morgan fingerprint density at radius 3 is 3.06 bits per heavy atom. The van der Waals surface area contributed by atoms with Gasteiger partial charge in [0.1, 0.15) is 0 Å². The molecule has 2 rings (SSSR count).